The molecule has 0 radical (unpaired) electrons. The number of para-hydroxylation sites is 1. The number of hydrogen-bond acceptors (Lipinski definition) is 2. The molecule has 0 spiro atoms. The molecule has 4 heteroatoms. The van der Waals surface area contributed by atoms with E-state index >= 15 is 0 Å². The molecule has 0 aliphatic carbocycles. The van der Waals surface area contributed by atoms with Crippen LogP contribution in [0.3, 0.4) is 0 Å². The molecule has 0 aromatic heterocycles. The number of piperidine rings is 1. The van der Waals surface area contributed by atoms with Crippen LogP contribution in [0.1, 0.15) is 24.4 Å². The average molecular weight is 231 g/mol. The normalized spacial score (nSPS) is 27.9. The van der Waals surface area contributed by atoms with Crippen LogP contribution in [0.25, 0.3) is 0 Å². The minimum atomic E-state index is -0.0840. The van der Waals surface area contributed by atoms with Gasteiger partial charge < -0.3 is 16.0 Å². The standard InChI is InChI=1S/C13H17N3O/c17-13-15-11-6-2-1-5-10(11)12(16-13)9-4-3-7-14-8-9/h1-2,5-6,9,12,14H,3-4,7-8H2,(H2,15,16,17). The Labute approximate surface area is 101 Å². The molecular formula is C13H17N3O. The zero-order chi connectivity index (χ0) is 11.7. The third kappa shape index (κ3) is 2.00. The Morgan fingerprint density at radius 2 is 2.12 bits per heavy atom. The fourth-order valence-corrected chi connectivity index (χ4v) is 2.79. The van der Waals surface area contributed by atoms with E-state index in [1.54, 1.807) is 0 Å². The monoisotopic (exact) mass is 231 g/mol. The summed E-state index contributed by atoms with van der Waals surface area (Å²) in [5.41, 5.74) is 2.16. The van der Waals surface area contributed by atoms with Crippen LogP contribution >= 0.6 is 0 Å². The Balaban J connectivity index is 1.91. The van der Waals surface area contributed by atoms with Gasteiger partial charge in [-0.15, -0.1) is 0 Å². The Morgan fingerprint density at radius 3 is 2.94 bits per heavy atom. The van der Waals surface area contributed by atoms with Crippen molar-refractivity contribution >= 4 is 11.7 Å². The molecule has 3 N–H and O–H groups in total. The van der Waals surface area contributed by atoms with Crippen molar-refractivity contribution in [3.8, 4) is 0 Å². The van der Waals surface area contributed by atoms with Crippen LogP contribution in [0.5, 0.6) is 0 Å². The van der Waals surface area contributed by atoms with Gasteiger partial charge in [0.05, 0.1) is 6.04 Å². The Hall–Kier alpha value is -1.55. The van der Waals surface area contributed by atoms with Crippen LogP contribution in [0.15, 0.2) is 24.3 Å². The smallest absolute Gasteiger partial charge is 0.319 e. The van der Waals surface area contributed by atoms with E-state index in [0.717, 1.165) is 18.8 Å². The van der Waals surface area contributed by atoms with Crippen molar-refractivity contribution in [1.29, 1.82) is 0 Å². The van der Waals surface area contributed by atoms with Gasteiger partial charge in [0, 0.05) is 12.2 Å². The van der Waals surface area contributed by atoms with Crippen LogP contribution < -0.4 is 16.0 Å². The van der Waals surface area contributed by atoms with Gasteiger partial charge in [-0.1, -0.05) is 18.2 Å². The second-order valence-electron chi connectivity index (χ2n) is 4.77. The van der Waals surface area contributed by atoms with Gasteiger partial charge in [-0.2, -0.15) is 0 Å². The minimum absolute atomic E-state index is 0.0840. The van der Waals surface area contributed by atoms with Crippen molar-refractivity contribution < 1.29 is 4.79 Å². The van der Waals surface area contributed by atoms with Gasteiger partial charge in [0.15, 0.2) is 0 Å². The van der Waals surface area contributed by atoms with Crippen molar-refractivity contribution in [3.05, 3.63) is 29.8 Å². The number of carbonyl (C=O) groups is 1. The fraction of sp³-hybridized carbons (Fsp3) is 0.462. The number of anilines is 1. The molecule has 1 aromatic rings. The second kappa shape index (κ2) is 4.37. The van der Waals surface area contributed by atoms with Gasteiger partial charge in [0.2, 0.25) is 0 Å². The molecule has 2 atom stereocenters. The maximum Gasteiger partial charge on any atom is 0.319 e. The highest BCUT2D eigenvalue weighted by Gasteiger charge is 2.31. The number of hydrogen-bond donors (Lipinski definition) is 3. The van der Waals surface area contributed by atoms with Crippen LogP contribution in [-0.4, -0.2) is 19.1 Å². The van der Waals surface area contributed by atoms with Crippen molar-refractivity contribution in [1.82, 2.24) is 10.6 Å². The number of urea groups is 1. The summed E-state index contributed by atoms with van der Waals surface area (Å²) in [5.74, 6) is 0.496. The summed E-state index contributed by atoms with van der Waals surface area (Å²) >= 11 is 0. The molecular weight excluding hydrogens is 214 g/mol. The quantitative estimate of drug-likeness (QED) is 0.691. The number of carbonyl (C=O) groups excluding carboxylic acids is 1. The summed E-state index contributed by atoms with van der Waals surface area (Å²) in [6, 6.07) is 8.12. The van der Waals surface area contributed by atoms with E-state index in [1.807, 2.05) is 18.2 Å². The third-order valence-electron chi connectivity index (χ3n) is 3.64. The second-order valence-corrected chi connectivity index (χ2v) is 4.77. The van der Waals surface area contributed by atoms with E-state index in [9.17, 15) is 4.79 Å². The topological polar surface area (TPSA) is 53.2 Å². The van der Waals surface area contributed by atoms with Crippen LogP contribution in [0.4, 0.5) is 10.5 Å². The summed E-state index contributed by atoms with van der Waals surface area (Å²) in [4.78, 5) is 11.6. The summed E-state index contributed by atoms with van der Waals surface area (Å²) in [6.07, 6.45) is 2.36. The molecule has 2 heterocycles. The largest absolute Gasteiger partial charge is 0.331 e. The highest BCUT2D eigenvalue weighted by molar-refractivity contribution is 5.92. The van der Waals surface area contributed by atoms with Gasteiger partial charge in [-0.25, -0.2) is 4.79 Å². The van der Waals surface area contributed by atoms with Crippen molar-refractivity contribution in [2.45, 2.75) is 18.9 Å². The molecule has 0 bridgehead atoms. The number of benzene rings is 1. The lowest BCUT2D eigenvalue weighted by Crippen LogP contribution is -2.45. The Kier molecular flexibility index (Phi) is 2.73. The van der Waals surface area contributed by atoms with Gasteiger partial charge in [-0.3, -0.25) is 0 Å². The first-order chi connectivity index (χ1) is 8.34. The van der Waals surface area contributed by atoms with Gasteiger partial charge in [-0.05, 0) is 36.9 Å². The minimum Gasteiger partial charge on any atom is -0.331 e. The first kappa shape index (κ1) is 10.6. The highest BCUT2D eigenvalue weighted by atomic mass is 16.2. The zero-order valence-electron chi connectivity index (χ0n) is 9.70. The summed E-state index contributed by atoms with van der Waals surface area (Å²) < 4.78 is 0. The molecule has 1 fully saturated rings. The highest BCUT2D eigenvalue weighted by Crippen LogP contribution is 2.34. The maximum atomic E-state index is 11.6. The van der Waals surface area contributed by atoms with E-state index in [4.69, 9.17) is 0 Å². The average Bonchev–Trinajstić information content (AvgIpc) is 2.39. The lowest BCUT2D eigenvalue weighted by Gasteiger charge is -2.35. The maximum absolute atomic E-state index is 11.6. The van der Waals surface area contributed by atoms with Crippen molar-refractivity contribution in [2.24, 2.45) is 5.92 Å². The first-order valence-electron chi connectivity index (χ1n) is 6.22. The van der Waals surface area contributed by atoms with E-state index in [1.165, 1.54) is 18.4 Å². The molecule has 1 saturated heterocycles. The summed E-state index contributed by atoms with van der Waals surface area (Å²) in [5, 5.41) is 9.32. The molecule has 4 nitrogen and oxygen atoms in total. The summed E-state index contributed by atoms with van der Waals surface area (Å²) in [6.45, 7) is 2.08. The molecule has 0 saturated carbocycles. The zero-order valence-corrected chi connectivity index (χ0v) is 9.70. The van der Waals surface area contributed by atoms with Crippen LogP contribution in [0.2, 0.25) is 0 Å². The summed E-state index contributed by atoms with van der Waals surface area (Å²) in [7, 11) is 0. The SMILES string of the molecule is O=C1Nc2ccccc2C(C2CCCNC2)N1. The predicted molar refractivity (Wildman–Crippen MR) is 66.9 cm³/mol. The van der Waals surface area contributed by atoms with E-state index in [0.29, 0.717) is 5.92 Å². The first-order valence-corrected chi connectivity index (χ1v) is 6.22. The number of amides is 2. The molecule has 2 unspecified atom stereocenters. The molecule has 17 heavy (non-hydrogen) atoms. The van der Waals surface area contributed by atoms with Crippen LogP contribution in [-0.2, 0) is 0 Å². The third-order valence-corrected chi connectivity index (χ3v) is 3.64. The Morgan fingerprint density at radius 1 is 1.24 bits per heavy atom. The van der Waals surface area contributed by atoms with E-state index in [2.05, 4.69) is 22.0 Å². The number of rotatable bonds is 1. The van der Waals surface area contributed by atoms with Gasteiger partial charge in [0.1, 0.15) is 0 Å². The molecule has 3 rings (SSSR count). The number of nitrogens with one attached hydrogen (secondary N) is 3. The van der Waals surface area contributed by atoms with Crippen molar-refractivity contribution in [3.63, 3.8) is 0 Å². The predicted octanol–water partition coefficient (Wildman–Crippen LogP) is 1.86. The molecule has 2 aliphatic heterocycles. The van der Waals surface area contributed by atoms with Crippen molar-refractivity contribution in [2.75, 3.05) is 18.4 Å². The molecule has 2 amide bonds. The lowest BCUT2D eigenvalue weighted by molar-refractivity contribution is 0.233. The number of fused-ring (bicyclic) bond motifs is 1. The lowest BCUT2D eigenvalue weighted by atomic mass is 9.86. The molecule has 90 valence electrons. The molecule has 2 aliphatic rings. The van der Waals surface area contributed by atoms with E-state index in [-0.39, 0.29) is 12.1 Å². The molecule has 1 aromatic carbocycles. The van der Waals surface area contributed by atoms with E-state index < -0.39 is 0 Å². The van der Waals surface area contributed by atoms with Gasteiger partial charge in [0.25, 0.3) is 0 Å². The Bertz CT molecular complexity index is 426. The fourth-order valence-electron chi connectivity index (χ4n) is 2.79. The van der Waals surface area contributed by atoms with Crippen LogP contribution in [0, 0.1) is 5.92 Å². The van der Waals surface area contributed by atoms with Gasteiger partial charge >= 0.3 is 6.03 Å².